The molecule has 0 spiro atoms. The molecule has 1 fully saturated rings. The Morgan fingerprint density at radius 2 is 1.85 bits per heavy atom. The van der Waals surface area contributed by atoms with Crippen molar-refractivity contribution in [1.29, 1.82) is 0 Å². The number of pyridine rings is 1. The van der Waals surface area contributed by atoms with Gasteiger partial charge in [-0.1, -0.05) is 6.07 Å². The van der Waals surface area contributed by atoms with Crippen LogP contribution in [0.3, 0.4) is 0 Å². The van der Waals surface area contributed by atoms with Gasteiger partial charge < -0.3 is 0 Å². The molecule has 3 rings (SSSR count). The molecule has 1 aromatic heterocycles. The summed E-state index contributed by atoms with van der Waals surface area (Å²) in [6.45, 7) is 0.759. The van der Waals surface area contributed by atoms with E-state index in [9.17, 15) is 17.6 Å². The Morgan fingerprint density at radius 3 is 2.46 bits per heavy atom. The number of hydrogen-bond donors (Lipinski definition) is 0. The molecule has 26 heavy (non-hydrogen) atoms. The highest BCUT2D eigenvalue weighted by molar-refractivity contribution is 7.89. The number of hydrogen-bond acceptors (Lipinski definition) is 4. The van der Waals surface area contributed by atoms with Gasteiger partial charge in [0.2, 0.25) is 10.0 Å². The molecule has 0 atom stereocenters. The Labute approximate surface area is 152 Å². The fourth-order valence-electron chi connectivity index (χ4n) is 3.23. The molecule has 1 aliphatic heterocycles. The number of piperidine rings is 1. The normalized spacial score (nSPS) is 16.5. The van der Waals surface area contributed by atoms with Gasteiger partial charge in [-0.25, -0.2) is 12.8 Å². The third-order valence-electron chi connectivity index (χ3n) is 4.67. The fraction of sp³-hybridized carbons (Fsp3) is 0.368. The zero-order valence-electron chi connectivity index (χ0n) is 14.3. The summed E-state index contributed by atoms with van der Waals surface area (Å²) < 4.78 is 39.6. The maximum absolute atomic E-state index is 13.0. The summed E-state index contributed by atoms with van der Waals surface area (Å²) in [6.07, 6.45) is 5.49. The van der Waals surface area contributed by atoms with Crippen molar-refractivity contribution in [2.24, 2.45) is 5.92 Å². The summed E-state index contributed by atoms with van der Waals surface area (Å²) in [4.78, 5) is 16.3. The molecule has 0 bridgehead atoms. The van der Waals surface area contributed by atoms with Gasteiger partial charge in [-0.15, -0.1) is 0 Å². The number of carbonyl (C=O) groups excluding carboxylic acids is 1. The van der Waals surface area contributed by atoms with E-state index in [0.717, 1.165) is 17.7 Å². The second-order valence-electron chi connectivity index (χ2n) is 6.58. The molecule has 0 aliphatic carbocycles. The van der Waals surface area contributed by atoms with Crippen LogP contribution in [0.1, 0.15) is 24.8 Å². The third-order valence-corrected chi connectivity index (χ3v) is 6.58. The van der Waals surface area contributed by atoms with E-state index in [0.29, 0.717) is 38.8 Å². The van der Waals surface area contributed by atoms with Crippen molar-refractivity contribution >= 4 is 15.8 Å². The molecule has 2 heterocycles. The maximum atomic E-state index is 13.0. The summed E-state index contributed by atoms with van der Waals surface area (Å²) in [5, 5.41) is 0. The Bertz CT molecular complexity index is 846. The van der Waals surface area contributed by atoms with Crippen LogP contribution in [0.5, 0.6) is 0 Å². The van der Waals surface area contributed by atoms with Gasteiger partial charge >= 0.3 is 0 Å². The van der Waals surface area contributed by atoms with E-state index >= 15 is 0 Å². The average molecular weight is 376 g/mol. The molecular weight excluding hydrogens is 355 g/mol. The second kappa shape index (κ2) is 8.05. The molecule has 138 valence electrons. The third kappa shape index (κ3) is 4.53. The number of Topliss-reactive ketones (excluding diaryl/α,β-unsaturated/α-hetero) is 1. The minimum Gasteiger partial charge on any atom is -0.299 e. The quantitative estimate of drug-likeness (QED) is 0.778. The van der Waals surface area contributed by atoms with E-state index in [1.807, 2.05) is 6.07 Å². The van der Waals surface area contributed by atoms with E-state index in [1.165, 1.54) is 16.4 Å². The van der Waals surface area contributed by atoms with Crippen LogP contribution in [0.15, 0.2) is 53.7 Å². The van der Waals surface area contributed by atoms with Gasteiger partial charge in [0, 0.05) is 38.3 Å². The zero-order valence-corrected chi connectivity index (χ0v) is 15.2. The number of rotatable bonds is 6. The summed E-state index contributed by atoms with van der Waals surface area (Å²) in [5.41, 5.74) is 0.897. The highest BCUT2D eigenvalue weighted by Crippen LogP contribution is 2.26. The smallest absolute Gasteiger partial charge is 0.243 e. The molecule has 0 unspecified atom stereocenters. The summed E-state index contributed by atoms with van der Waals surface area (Å²) in [7, 11) is -3.61. The van der Waals surface area contributed by atoms with E-state index in [-0.39, 0.29) is 16.6 Å². The van der Waals surface area contributed by atoms with Crippen molar-refractivity contribution in [3.63, 3.8) is 0 Å². The standard InChI is InChI=1S/C19H21FN2O3S/c20-17-3-5-19(6-4-17)26(24,25)22-10-7-15(8-11-22)12-18(23)13-16-2-1-9-21-14-16/h1-6,9,14-15H,7-8,10-13H2. The van der Waals surface area contributed by atoms with Gasteiger partial charge in [-0.05, 0) is 54.7 Å². The van der Waals surface area contributed by atoms with E-state index in [4.69, 9.17) is 0 Å². The molecule has 2 aromatic rings. The second-order valence-corrected chi connectivity index (χ2v) is 8.52. The zero-order chi connectivity index (χ0) is 18.6. The predicted molar refractivity (Wildman–Crippen MR) is 95.4 cm³/mol. The predicted octanol–water partition coefficient (Wildman–Crippen LogP) is 2.82. The number of carbonyl (C=O) groups is 1. The minimum atomic E-state index is -3.61. The van der Waals surface area contributed by atoms with Crippen molar-refractivity contribution in [1.82, 2.24) is 9.29 Å². The van der Waals surface area contributed by atoms with Crippen LogP contribution >= 0.6 is 0 Å². The lowest BCUT2D eigenvalue weighted by Crippen LogP contribution is -2.38. The van der Waals surface area contributed by atoms with Crippen LogP contribution in [-0.2, 0) is 21.2 Å². The van der Waals surface area contributed by atoms with Crippen LogP contribution in [0, 0.1) is 11.7 Å². The van der Waals surface area contributed by atoms with Gasteiger partial charge in [0.15, 0.2) is 0 Å². The number of halogens is 1. The van der Waals surface area contributed by atoms with E-state index in [1.54, 1.807) is 18.5 Å². The lowest BCUT2D eigenvalue weighted by Gasteiger charge is -2.31. The molecule has 1 aliphatic rings. The van der Waals surface area contributed by atoms with Crippen LogP contribution < -0.4 is 0 Å². The first kappa shape index (κ1) is 18.7. The van der Waals surface area contributed by atoms with Gasteiger partial charge in [0.05, 0.1) is 4.90 Å². The van der Waals surface area contributed by atoms with Crippen molar-refractivity contribution in [2.75, 3.05) is 13.1 Å². The molecule has 0 radical (unpaired) electrons. The summed E-state index contributed by atoms with van der Waals surface area (Å²) in [6, 6.07) is 8.56. The number of sulfonamides is 1. The van der Waals surface area contributed by atoms with E-state index < -0.39 is 15.8 Å². The van der Waals surface area contributed by atoms with Gasteiger partial charge in [0.1, 0.15) is 11.6 Å². The number of aromatic nitrogens is 1. The molecule has 0 saturated carbocycles. The lowest BCUT2D eigenvalue weighted by molar-refractivity contribution is -0.119. The molecule has 5 nitrogen and oxygen atoms in total. The summed E-state index contributed by atoms with van der Waals surface area (Å²) >= 11 is 0. The van der Waals surface area contributed by atoms with Crippen molar-refractivity contribution in [3.05, 3.63) is 60.2 Å². The van der Waals surface area contributed by atoms with Crippen LogP contribution in [0.25, 0.3) is 0 Å². The van der Waals surface area contributed by atoms with Crippen LogP contribution in [0.4, 0.5) is 4.39 Å². The molecule has 1 aromatic carbocycles. The van der Waals surface area contributed by atoms with Gasteiger partial charge in [-0.2, -0.15) is 4.31 Å². The Balaban J connectivity index is 1.54. The number of nitrogens with zero attached hydrogens (tertiary/aromatic N) is 2. The summed E-state index contributed by atoms with van der Waals surface area (Å²) in [5.74, 6) is -0.119. The first-order valence-electron chi connectivity index (χ1n) is 8.61. The molecule has 7 heteroatoms. The van der Waals surface area contributed by atoms with Gasteiger partial charge in [0.25, 0.3) is 0 Å². The Kier molecular flexibility index (Phi) is 5.78. The first-order chi connectivity index (χ1) is 12.4. The number of ketones is 1. The molecular formula is C19H21FN2O3S. The molecule has 0 amide bonds. The Hall–Kier alpha value is -2.12. The Morgan fingerprint density at radius 1 is 1.15 bits per heavy atom. The van der Waals surface area contributed by atoms with Crippen molar-refractivity contribution < 1.29 is 17.6 Å². The number of benzene rings is 1. The topological polar surface area (TPSA) is 67.3 Å². The average Bonchev–Trinajstić information content (AvgIpc) is 2.63. The largest absolute Gasteiger partial charge is 0.299 e. The SMILES string of the molecule is O=C(Cc1cccnc1)CC1CCN(S(=O)(=O)c2ccc(F)cc2)CC1. The van der Waals surface area contributed by atoms with Gasteiger partial charge in [-0.3, -0.25) is 9.78 Å². The lowest BCUT2D eigenvalue weighted by atomic mass is 9.91. The highest BCUT2D eigenvalue weighted by Gasteiger charge is 2.30. The van der Waals surface area contributed by atoms with Crippen LogP contribution in [-0.4, -0.2) is 36.6 Å². The fourth-order valence-corrected chi connectivity index (χ4v) is 4.70. The minimum absolute atomic E-state index is 0.102. The monoisotopic (exact) mass is 376 g/mol. The highest BCUT2D eigenvalue weighted by atomic mass is 32.2. The first-order valence-corrected chi connectivity index (χ1v) is 10.1. The van der Waals surface area contributed by atoms with Crippen molar-refractivity contribution in [2.45, 2.75) is 30.6 Å². The molecule has 0 N–H and O–H groups in total. The molecule has 1 saturated heterocycles. The maximum Gasteiger partial charge on any atom is 0.243 e. The van der Waals surface area contributed by atoms with Crippen molar-refractivity contribution in [3.8, 4) is 0 Å². The van der Waals surface area contributed by atoms with E-state index in [2.05, 4.69) is 4.98 Å². The van der Waals surface area contributed by atoms with Crippen LogP contribution in [0.2, 0.25) is 0 Å².